The van der Waals surface area contributed by atoms with Gasteiger partial charge in [0.15, 0.2) is 11.6 Å². The molecule has 0 saturated heterocycles. The van der Waals surface area contributed by atoms with Gasteiger partial charge in [0.2, 0.25) is 0 Å². The molecule has 1 aromatic heterocycles. The Hall–Kier alpha value is -0.850. The fourth-order valence-electron chi connectivity index (χ4n) is 1.70. The van der Waals surface area contributed by atoms with Crippen molar-refractivity contribution in [3.05, 3.63) is 61.8 Å². The average Bonchev–Trinajstić information content (AvgIpc) is 2.35. The molecule has 0 aliphatic rings. The standard InChI is InChI=1S/C13H10Br2F2N2/c1-6-2-3-8(11(17)10(6)16)12(18)13-9(15)4-7(14)5-19-13/h2-5,12H,18H2,1H3. The number of aryl methyl sites for hydroxylation is 1. The summed E-state index contributed by atoms with van der Waals surface area (Å²) in [4.78, 5) is 4.14. The smallest absolute Gasteiger partial charge is 0.164 e. The summed E-state index contributed by atoms with van der Waals surface area (Å²) in [7, 11) is 0. The molecule has 6 heteroatoms. The second-order valence-electron chi connectivity index (χ2n) is 4.10. The predicted octanol–water partition coefficient (Wildman–Crippen LogP) is 4.24. The van der Waals surface area contributed by atoms with Crippen LogP contribution in [-0.2, 0) is 0 Å². The van der Waals surface area contributed by atoms with Crippen LogP contribution in [0.3, 0.4) is 0 Å². The van der Waals surface area contributed by atoms with Crippen LogP contribution in [0.15, 0.2) is 33.3 Å². The zero-order chi connectivity index (χ0) is 14.2. The molecule has 0 fully saturated rings. The fraction of sp³-hybridized carbons (Fsp3) is 0.154. The normalized spacial score (nSPS) is 12.5. The summed E-state index contributed by atoms with van der Waals surface area (Å²) in [6, 6.07) is 3.90. The summed E-state index contributed by atoms with van der Waals surface area (Å²) in [5, 5.41) is 0. The molecule has 1 atom stereocenters. The van der Waals surface area contributed by atoms with Crippen molar-refractivity contribution in [1.29, 1.82) is 0 Å². The van der Waals surface area contributed by atoms with E-state index >= 15 is 0 Å². The topological polar surface area (TPSA) is 38.9 Å². The highest BCUT2D eigenvalue weighted by molar-refractivity contribution is 9.11. The van der Waals surface area contributed by atoms with Crippen molar-refractivity contribution in [3.8, 4) is 0 Å². The van der Waals surface area contributed by atoms with Crippen LogP contribution < -0.4 is 5.73 Å². The molecule has 2 nitrogen and oxygen atoms in total. The number of hydrogen-bond acceptors (Lipinski definition) is 2. The molecular formula is C13H10Br2F2N2. The van der Waals surface area contributed by atoms with Gasteiger partial charge >= 0.3 is 0 Å². The van der Waals surface area contributed by atoms with E-state index in [9.17, 15) is 8.78 Å². The molecule has 2 rings (SSSR count). The van der Waals surface area contributed by atoms with Gasteiger partial charge in [0, 0.05) is 20.7 Å². The minimum absolute atomic E-state index is 0.0821. The molecule has 0 bridgehead atoms. The highest BCUT2D eigenvalue weighted by Crippen LogP contribution is 2.29. The summed E-state index contributed by atoms with van der Waals surface area (Å²) in [6.45, 7) is 1.50. The van der Waals surface area contributed by atoms with E-state index in [-0.39, 0.29) is 11.1 Å². The minimum Gasteiger partial charge on any atom is -0.319 e. The lowest BCUT2D eigenvalue weighted by molar-refractivity contribution is 0.488. The molecule has 0 aliphatic carbocycles. The predicted molar refractivity (Wildman–Crippen MR) is 76.8 cm³/mol. The van der Waals surface area contributed by atoms with Gasteiger partial charge in [0.25, 0.3) is 0 Å². The lowest BCUT2D eigenvalue weighted by atomic mass is 10.0. The van der Waals surface area contributed by atoms with Crippen LogP contribution in [0.5, 0.6) is 0 Å². The maximum atomic E-state index is 13.9. The molecular weight excluding hydrogens is 382 g/mol. The van der Waals surface area contributed by atoms with Crippen LogP contribution in [-0.4, -0.2) is 4.98 Å². The monoisotopic (exact) mass is 390 g/mol. The summed E-state index contributed by atoms with van der Waals surface area (Å²) in [5.74, 6) is -1.80. The number of nitrogens with two attached hydrogens (primary N) is 1. The van der Waals surface area contributed by atoms with E-state index in [1.165, 1.54) is 19.1 Å². The molecule has 19 heavy (non-hydrogen) atoms. The summed E-state index contributed by atoms with van der Waals surface area (Å²) >= 11 is 6.58. The van der Waals surface area contributed by atoms with Crippen LogP contribution in [0.2, 0.25) is 0 Å². The number of halogens is 4. The van der Waals surface area contributed by atoms with Gasteiger partial charge in [-0.2, -0.15) is 0 Å². The van der Waals surface area contributed by atoms with Gasteiger partial charge in [0.05, 0.1) is 11.7 Å². The second-order valence-corrected chi connectivity index (χ2v) is 5.87. The second kappa shape index (κ2) is 5.64. The minimum atomic E-state index is -0.927. The summed E-state index contributed by atoms with van der Waals surface area (Å²) < 4.78 is 28.9. The molecule has 2 aromatic rings. The number of nitrogens with zero attached hydrogens (tertiary/aromatic N) is 1. The van der Waals surface area contributed by atoms with E-state index < -0.39 is 17.7 Å². The molecule has 1 unspecified atom stereocenters. The molecule has 0 radical (unpaired) electrons. The number of aromatic nitrogens is 1. The van der Waals surface area contributed by atoms with E-state index in [2.05, 4.69) is 36.8 Å². The van der Waals surface area contributed by atoms with E-state index in [1.54, 1.807) is 12.3 Å². The van der Waals surface area contributed by atoms with Gasteiger partial charge in [-0.3, -0.25) is 4.98 Å². The van der Waals surface area contributed by atoms with Crippen LogP contribution >= 0.6 is 31.9 Å². The molecule has 1 aromatic carbocycles. The largest absolute Gasteiger partial charge is 0.319 e. The van der Waals surface area contributed by atoms with Crippen LogP contribution in [0.4, 0.5) is 8.78 Å². The number of benzene rings is 1. The molecule has 0 aliphatic heterocycles. The zero-order valence-corrected chi connectivity index (χ0v) is 13.1. The third-order valence-electron chi connectivity index (χ3n) is 2.77. The maximum absolute atomic E-state index is 13.9. The van der Waals surface area contributed by atoms with E-state index in [4.69, 9.17) is 5.73 Å². The van der Waals surface area contributed by atoms with Crippen molar-refractivity contribution >= 4 is 31.9 Å². The molecule has 0 amide bonds. The lowest BCUT2D eigenvalue weighted by Gasteiger charge is -2.15. The first-order valence-electron chi connectivity index (χ1n) is 5.43. The Morgan fingerprint density at radius 3 is 2.53 bits per heavy atom. The van der Waals surface area contributed by atoms with Gasteiger partial charge < -0.3 is 5.73 Å². The SMILES string of the molecule is Cc1ccc(C(N)c2ncc(Br)cc2Br)c(F)c1F. The van der Waals surface area contributed by atoms with Crippen LogP contribution in [0.25, 0.3) is 0 Å². The first-order valence-corrected chi connectivity index (χ1v) is 7.01. The fourth-order valence-corrected chi connectivity index (χ4v) is 2.94. The molecule has 0 saturated carbocycles. The summed E-state index contributed by atoms with van der Waals surface area (Å²) in [5.41, 5.74) is 6.75. The highest BCUT2D eigenvalue weighted by Gasteiger charge is 2.20. The van der Waals surface area contributed by atoms with E-state index in [0.29, 0.717) is 10.2 Å². The summed E-state index contributed by atoms with van der Waals surface area (Å²) in [6.07, 6.45) is 1.56. The average molecular weight is 392 g/mol. The maximum Gasteiger partial charge on any atom is 0.164 e. The molecule has 100 valence electrons. The van der Waals surface area contributed by atoms with Crippen LogP contribution in [0.1, 0.15) is 22.9 Å². The highest BCUT2D eigenvalue weighted by atomic mass is 79.9. The van der Waals surface area contributed by atoms with Crippen molar-refractivity contribution in [1.82, 2.24) is 4.98 Å². The Morgan fingerprint density at radius 2 is 1.89 bits per heavy atom. The van der Waals surface area contributed by atoms with Gasteiger partial charge in [-0.15, -0.1) is 0 Å². The Morgan fingerprint density at radius 1 is 1.21 bits per heavy atom. The van der Waals surface area contributed by atoms with Gasteiger partial charge in [-0.1, -0.05) is 12.1 Å². The van der Waals surface area contributed by atoms with Gasteiger partial charge in [-0.25, -0.2) is 8.78 Å². The van der Waals surface area contributed by atoms with Crippen LogP contribution in [0, 0.1) is 18.6 Å². The Bertz CT molecular complexity index is 632. The van der Waals surface area contributed by atoms with E-state index in [0.717, 1.165) is 4.47 Å². The molecule has 1 heterocycles. The first kappa shape index (κ1) is 14.6. The lowest BCUT2D eigenvalue weighted by Crippen LogP contribution is -2.17. The van der Waals surface area contributed by atoms with Crippen molar-refractivity contribution in [2.24, 2.45) is 5.73 Å². The Labute approximate surface area is 126 Å². The first-order chi connectivity index (χ1) is 8.91. The van der Waals surface area contributed by atoms with Crippen molar-refractivity contribution < 1.29 is 8.78 Å². The number of rotatable bonds is 2. The molecule has 0 spiro atoms. The number of hydrogen-bond donors (Lipinski definition) is 1. The van der Waals surface area contributed by atoms with Crippen molar-refractivity contribution in [3.63, 3.8) is 0 Å². The van der Waals surface area contributed by atoms with E-state index in [1.807, 2.05) is 0 Å². The molecule has 2 N–H and O–H groups in total. The van der Waals surface area contributed by atoms with Gasteiger partial charge in [-0.05, 0) is 50.4 Å². The quantitative estimate of drug-likeness (QED) is 0.831. The van der Waals surface area contributed by atoms with Crippen molar-refractivity contribution in [2.75, 3.05) is 0 Å². The Balaban J connectivity index is 2.50. The third kappa shape index (κ3) is 2.85. The van der Waals surface area contributed by atoms with Gasteiger partial charge in [0.1, 0.15) is 0 Å². The van der Waals surface area contributed by atoms with Crippen molar-refractivity contribution in [2.45, 2.75) is 13.0 Å². The third-order valence-corrected chi connectivity index (χ3v) is 3.84. The number of pyridine rings is 1. The zero-order valence-electron chi connectivity index (χ0n) is 9.92. The Kier molecular flexibility index (Phi) is 4.32.